The molecule has 3 aromatic rings. The predicted molar refractivity (Wildman–Crippen MR) is 117 cm³/mol. The lowest BCUT2D eigenvalue weighted by atomic mass is 10.1. The second-order valence-electron chi connectivity index (χ2n) is 6.63. The number of nitrogens with zero attached hydrogens (tertiary/aromatic N) is 3. The molecule has 1 amide bonds. The van der Waals surface area contributed by atoms with Crippen LogP contribution in [0.15, 0.2) is 60.3 Å². The molecule has 1 aliphatic heterocycles. The summed E-state index contributed by atoms with van der Waals surface area (Å²) in [7, 11) is 1.57. The van der Waals surface area contributed by atoms with Gasteiger partial charge in [-0.1, -0.05) is 30.3 Å². The normalized spacial score (nSPS) is 15.1. The van der Waals surface area contributed by atoms with Gasteiger partial charge in [-0.05, 0) is 56.4 Å². The number of rotatable bonds is 4. The lowest BCUT2D eigenvalue weighted by Crippen LogP contribution is -2.30. The van der Waals surface area contributed by atoms with Crippen molar-refractivity contribution in [3.8, 4) is 11.4 Å². The third-order valence-corrected chi connectivity index (χ3v) is 5.13. The van der Waals surface area contributed by atoms with Gasteiger partial charge in [0.05, 0.1) is 24.2 Å². The summed E-state index contributed by atoms with van der Waals surface area (Å²) in [4.78, 5) is 14.6. The molecule has 0 bridgehead atoms. The molecule has 1 fully saturated rings. The third-order valence-electron chi connectivity index (χ3n) is 4.84. The highest BCUT2D eigenvalue weighted by atomic mass is 32.1. The maximum absolute atomic E-state index is 13.1. The number of aromatic nitrogens is 2. The van der Waals surface area contributed by atoms with E-state index >= 15 is 0 Å². The average Bonchev–Trinajstić information content (AvgIpc) is 3.18. The standard InChI is InChI=1S/C22H20N4O2S/c1-14-17(15(2)26(24-14)16-9-5-4-6-10-16)13-18-21(27)25(22(29)23-18)19-11-7-8-12-20(19)28-3/h4-13H,1-3H3,(H,23,29)/b18-13+. The molecule has 7 heteroatoms. The number of para-hydroxylation sites is 3. The Kier molecular flexibility index (Phi) is 4.90. The maximum Gasteiger partial charge on any atom is 0.281 e. The highest BCUT2D eigenvalue weighted by Gasteiger charge is 2.34. The van der Waals surface area contributed by atoms with Crippen molar-refractivity contribution in [1.82, 2.24) is 15.1 Å². The van der Waals surface area contributed by atoms with Gasteiger partial charge in [-0.15, -0.1) is 0 Å². The van der Waals surface area contributed by atoms with Gasteiger partial charge in [0.2, 0.25) is 0 Å². The van der Waals surface area contributed by atoms with Crippen molar-refractivity contribution in [2.45, 2.75) is 13.8 Å². The van der Waals surface area contributed by atoms with E-state index in [1.807, 2.05) is 61.0 Å². The van der Waals surface area contributed by atoms with Gasteiger partial charge in [0.25, 0.3) is 5.91 Å². The van der Waals surface area contributed by atoms with Crippen LogP contribution in [0.4, 0.5) is 5.69 Å². The molecule has 4 rings (SSSR count). The summed E-state index contributed by atoms with van der Waals surface area (Å²) in [5.41, 5.74) is 4.63. The van der Waals surface area contributed by atoms with Crippen molar-refractivity contribution >= 4 is 35.0 Å². The summed E-state index contributed by atoms with van der Waals surface area (Å²) in [6, 6.07) is 17.2. The molecule has 1 N–H and O–H groups in total. The number of benzene rings is 2. The number of carbonyl (C=O) groups is 1. The molecule has 146 valence electrons. The van der Waals surface area contributed by atoms with E-state index in [0.29, 0.717) is 22.2 Å². The van der Waals surface area contributed by atoms with Crippen molar-refractivity contribution in [3.63, 3.8) is 0 Å². The summed E-state index contributed by atoms with van der Waals surface area (Å²) in [5, 5.41) is 7.99. The van der Waals surface area contributed by atoms with Crippen LogP contribution in [0, 0.1) is 13.8 Å². The Balaban J connectivity index is 1.73. The molecule has 0 saturated carbocycles. The zero-order valence-corrected chi connectivity index (χ0v) is 17.2. The average molecular weight is 404 g/mol. The summed E-state index contributed by atoms with van der Waals surface area (Å²) < 4.78 is 7.26. The van der Waals surface area contributed by atoms with E-state index in [1.54, 1.807) is 25.3 Å². The highest BCUT2D eigenvalue weighted by molar-refractivity contribution is 7.80. The molecular weight excluding hydrogens is 384 g/mol. The van der Waals surface area contributed by atoms with Gasteiger partial charge in [-0.3, -0.25) is 4.79 Å². The van der Waals surface area contributed by atoms with Crippen molar-refractivity contribution < 1.29 is 9.53 Å². The molecule has 0 atom stereocenters. The van der Waals surface area contributed by atoms with E-state index in [1.165, 1.54) is 4.90 Å². The quantitative estimate of drug-likeness (QED) is 0.530. The fraction of sp³-hybridized carbons (Fsp3) is 0.136. The van der Waals surface area contributed by atoms with Gasteiger partial charge in [-0.2, -0.15) is 5.10 Å². The summed E-state index contributed by atoms with van der Waals surface area (Å²) in [6.45, 7) is 3.91. The zero-order chi connectivity index (χ0) is 20.5. The fourth-order valence-electron chi connectivity index (χ4n) is 3.40. The lowest BCUT2D eigenvalue weighted by molar-refractivity contribution is -0.113. The number of ether oxygens (including phenoxy) is 1. The molecule has 2 aromatic carbocycles. The first kappa shape index (κ1) is 18.9. The zero-order valence-electron chi connectivity index (χ0n) is 16.3. The fourth-order valence-corrected chi connectivity index (χ4v) is 3.69. The number of aryl methyl sites for hydroxylation is 1. The molecule has 0 radical (unpaired) electrons. The number of thiocarbonyl (C=S) groups is 1. The Morgan fingerprint density at radius 3 is 2.48 bits per heavy atom. The monoisotopic (exact) mass is 404 g/mol. The van der Waals surface area contributed by atoms with Crippen molar-refractivity contribution in [1.29, 1.82) is 0 Å². The number of nitrogens with one attached hydrogen (secondary N) is 1. The van der Waals surface area contributed by atoms with Crippen LogP contribution in [0.5, 0.6) is 5.75 Å². The van der Waals surface area contributed by atoms with E-state index in [2.05, 4.69) is 10.4 Å². The van der Waals surface area contributed by atoms with E-state index in [-0.39, 0.29) is 5.91 Å². The molecule has 6 nitrogen and oxygen atoms in total. The minimum atomic E-state index is -0.231. The number of hydrogen-bond donors (Lipinski definition) is 1. The minimum absolute atomic E-state index is 0.231. The number of methoxy groups -OCH3 is 1. The second kappa shape index (κ2) is 7.52. The first-order valence-electron chi connectivity index (χ1n) is 9.13. The van der Waals surface area contributed by atoms with E-state index in [4.69, 9.17) is 17.0 Å². The summed E-state index contributed by atoms with van der Waals surface area (Å²) in [6.07, 6.45) is 1.81. The Morgan fingerprint density at radius 2 is 1.76 bits per heavy atom. The van der Waals surface area contributed by atoms with Gasteiger partial charge >= 0.3 is 0 Å². The first-order chi connectivity index (χ1) is 14.0. The van der Waals surface area contributed by atoms with Gasteiger partial charge in [0.1, 0.15) is 11.4 Å². The molecule has 0 spiro atoms. The molecule has 2 heterocycles. The van der Waals surface area contributed by atoms with E-state index in [0.717, 1.165) is 22.6 Å². The van der Waals surface area contributed by atoms with Crippen LogP contribution in [0.2, 0.25) is 0 Å². The Hall–Kier alpha value is -3.45. The molecule has 0 unspecified atom stereocenters. The smallest absolute Gasteiger partial charge is 0.281 e. The van der Waals surface area contributed by atoms with E-state index in [9.17, 15) is 4.79 Å². The molecule has 1 aliphatic rings. The van der Waals surface area contributed by atoms with Crippen molar-refractivity contribution in [2.24, 2.45) is 0 Å². The van der Waals surface area contributed by atoms with Gasteiger partial charge < -0.3 is 10.1 Å². The topological polar surface area (TPSA) is 59.4 Å². The minimum Gasteiger partial charge on any atom is -0.495 e. The second-order valence-corrected chi connectivity index (χ2v) is 7.02. The summed E-state index contributed by atoms with van der Waals surface area (Å²) in [5.74, 6) is 0.348. The maximum atomic E-state index is 13.1. The number of anilines is 1. The van der Waals surface area contributed by atoms with Crippen LogP contribution < -0.4 is 15.0 Å². The van der Waals surface area contributed by atoms with Crippen molar-refractivity contribution in [3.05, 3.63) is 77.2 Å². The van der Waals surface area contributed by atoms with Crippen LogP contribution in [0.3, 0.4) is 0 Å². The number of carbonyl (C=O) groups excluding carboxylic acids is 1. The SMILES string of the molecule is COc1ccccc1N1C(=O)/C(=C\c2c(C)nn(-c3ccccc3)c2C)NC1=S. The number of amides is 1. The molecular formula is C22H20N4O2S. The Labute approximate surface area is 174 Å². The van der Waals surface area contributed by atoms with Gasteiger partial charge in [0.15, 0.2) is 5.11 Å². The molecule has 29 heavy (non-hydrogen) atoms. The highest BCUT2D eigenvalue weighted by Crippen LogP contribution is 2.31. The van der Waals surface area contributed by atoms with Crippen LogP contribution in [-0.4, -0.2) is 27.9 Å². The largest absolute Gasteiger partial charge is 0.495 e. The van der Waals surface area contributed by atoms with Crippen LogP contribution in [-0.2, 0) is 4.79 Å². The van der Waals surface area contributed by atoms with Gasteiger partial charge in [-0.25, -0.2) is 9.58 Å². The molecule has 1 saturated heterocycles. The third kappa shape index (κ3) is 3.30. The first-order valence-corrected chi connectivity index (χ1v) is 9.54. The summed E-state index contributed by atoms with van der Waals surface area (Å²) >= 11 is 5.42. The molecule has 1 aromatic heterocycles. The predicted octanol–water partition coefficient (Wildman–Crippen LogP) is 3.76. The van der Waals surface area contributed by atoms with Crippen molar-refractivity contribution in [2.75, 3.05) is 12.0 Å². The van der Waals surface area contributed by atoms with Crippen LogP contribution >= 0.6 is 12.2 Å². The molecule has 0 aliphatic carbocycles. The van der Waals surface area contributed by atoms with Crippen LogP contribution in [0.1, 0.15) is 17.0 Å². The van der Waals surface area contributed by atoms with E-state index < -0.39 is 0 Å². The van der Waals surface area contributed by atoms with Gasteiger partial charge in [0, 0.05) is 11.3 Å². The van der Waals surface area contributed by atoms with Crippen LogP contribution in [0.25, 0.3) is 11.8 Å². The Bertz CT molecular complexity index is 1130. The number of hydrogen-bond acceptors (Lipinski definition) is 4. The Morgan fingerprint density at radius 1 is 1.07 bits per heavy atom. The lowest BCUT2D eigenvalue weighted by Gasteiger charge is -2.17.